The Morgan fingerprint density at radius 2 is 2.29 bits per heavy atom. The molecule has 1 aliphatic heterocycles. The van der Waals surface area contributed by atoms with Crippen molar-refractivity contribution in [2.24, 2.45) is 0 Å². The minimum absolute atomic E-state index is 0.240. The number of benzene rings is 1. The highest BCUT2D eigenvalue weighted by Gasteiger charge is 2.13. The molecule has 17 heavy (non-hydrogen) atoms. The van der Waals surface area contributed by atoms with Gasteiger partial charge in [0.1, 0.15) is 5.82 Å². The van der Waals surface area contributed by atoms with Crippen molar-refractivity contribution in [3.05, 3.63) is 34.6 Å². The van der Waals surface area contributed by atoms with Gasteiger partial charge in [-0.2, -0.15) is 0 Å². The van der Waals surface area contributed by atoms with Gasteiger partial charge in [-0.25, -0.2) is 4.39 Å². The van der Waals surface area contributed by atoms with Gasteiger partial charge in [0, 0.05) is 16.6 Å². The Hall–Kier alpha value is -0.640. The topological polar surface area (TPSA) is 21.3 Å². The van der Waals surface area contributed by atoms with Crippen molar-refractivity contribution in [2.75, 3.05) is 13.2 Å². The van der Waals surface area contributed by atoms with E-state index in [4.69, 9.17) is 16.3 Å². The monoisotopic (exact) mass is 257 g/mol. The van der Waals surface area contributed by atoms with E-state index in [2.05, 4.69) is 5.32 Å². The highest BCUT2D eigenvalue weighted by atomic mass is 35.5. The molecule has 0 spiro atoms. The smallest absolute Gasteiger partial charge is 0.130 e. The summed E-state index contributed by atoms with van der Waals surface area (Å²) in [5.41, 5.74) is 0.449. The molecule has 2 rings (SSSR count). The van der Waals surface area contributed by atoms with Gasteiger partial charge < -0.3 is 10.1 Å². The summed E-state index contributed by atoms with van der Waals surface area (Å²) < 4.78 is 19.0. The van der Waals surface area contributed by atoms with Crippen molar-refractivity contribution >= 4 is 11.6 Å². The van der Waals surface area contributed by atoms with Crippen LogP contribution >= 0.6 is 11.6 Å². The first-order chi connectivity index (χ1) is 8.27. The molecule has 1 unspecified atom stereocenters. The van der Waals surface area contributed by atoms with Crippen LogP contribution in [0.15, 0.2) is 18.2 Å². The Balaban J connectivity index is 1.81. The molecule has 0 aromatic heterocycles. The zero-order valence-electron chi connectivity index (χ0n) is 9.72. The van der Waals surface area contributed by atoms with Gasteiger partial charge in [0.15, 0.2) is 0 Å². The summed E-state index contributed by atoms with van der Waals surface area (Å²) in [6.45, 7) is 1.91. The molecular weight excluding hydrogens is 241 g/mol. The van der Waals surface area contributed by atoms with Crippen LogP contribution in [0.4, 0.5) is 4.39 Å². The van der Waals surface area contributed by atoms with Gasteiger partial charge in [-0.3, -0.25) is 0 Å². The molecule has 1 saturated heterocycles. The van der Waals surface area contributed by atoms with Crippen LogP contribution in [0.3, 0.4) is 0 Å². The van der Waals surface area contributed by atoms with Gasteiger partial charge in [-0.15, -0.1) is 0 Å². The van der Waals surface area contributed by atoms with Gasteiger partial charge in [-0.05, 0) is 31.5 Å². The first-order valence-electron chi connectivity index (χ1n) is 6.01. The lowest BCUT2D eigenvalue weighted by Crippen LogP contribution is -2.37. The average molecular weight is 258 g/mol. The number of halogens is 2. The first kappa shape index (κ1) is 12.8. The normalized spacial score (nSPS) is 20.5. The summed E-state index contributed by atoms with van der Waals surface area (Å²) in [6, 6.07) is 5.09. The minimum Gasteiger partial charge on any atom is -0.375 e. The Morgan fingerprint density at radius 3 is 3.00 bits per heavy atom. The number of piperidine rings is 1. The SMILES string of the molecule is Fc1cccc(Cl)c1COCC1CCCCN1. The van der Waals surface area contributed by atoms with E-state index in [1.165, 1.54) is 18.9 Å². The number of hydrogen-bond acceptors (Lipinski definition) is 2. The Morgan fingerprint density at radius 1 is 1.41 bits per heavy atom. The van der Waals surface area contributed by atoms with Crippen molar-refractivity contribution < 1.29 is 9.13 Å². The van der Waals surface area contributed by atoms with E-state index in [1.807, 2.05) is 0 Å². The van der Waals surface area contributed by atoms with Crippen LogP contribution in [0.25, 0.3) is 0 Å². The fourth-order valence-electron chi connectivity index (χ4n) is 2.04. The predicted octanol–water partition coefficient (Wildman–Crippen LogP) is 3.14. The lowest BCUT2D eigenvalue weighted by atomic mass is 10.1. The molecule has 1 atom stereocenters. The Bertz CT molecular complexity index is 346. The zero-order valence-corrected chi connectivity index (χ0v) is 10.5. The van der Waals surface area contributed by atoms with Crippen molar-refractivity contribution in [3.8, 4) is 0 Å². The summed E-state index contributed by atoms with van der Waals surface area (Å²) in [4.78, 5) is 0. The molecule has 2 nitrogen and oxygen atoms in total. The van der Waals surface area contributed by atoms with E-state index in [0.717, 1.165) is 13.0 Å². The first-order valence-corrected chi connectivity index (χ1v) is 6.39. The predicted molar refractivity (Wildman–Crippen MR) is 66.7 cm³/mol. The number of ether oxygens (including phenoxy) is 1. The van der Waals surface area contributed by atoms with E-state index < -0.39 is 0 Å². The molecule has 1 aromatic carbocycles. The van der Waals surface area contributed by atoms with E-state index in [9.17, 15) is 4.39 Å². The molecule has 94 valence electrons. The third-order valence-corrected chi connectivity index (χ3v) is 3.39. The third kappa shape index (κ3) is 3.66. The second-order valence-corrected chi connectivity index (χ2v) is 4.77. The average Bonchev–Trinajstić information content (AvgIpc) is 2.34. The summed E-state index contributed by atoms with van der Waals surface area (Å²) in [7, 11) is 0. The van der Waals surface area contributed by atoms with Crippen molar-refractivity contribution in [3.63, 3.8) is 0 Å². The fraction of sp³-hybridized carbons (Fsp3) is 0.538. The lowest BCUT2D eigenvalue weighted by molar-refractivity contribution is 0.0893. The second-order valence-electron chi connectivity index (χ2n) is 4.36. The van der Waals surface area contributed by atoms with Crippen molar-refractivity contribution in [2.45, 2.75) is 31.9 Å². The van der Waals surface area contributed by atoms with Gasteiger partial charge in [0.25, 0.3) is 0 Å². The summed E-state index contributed by atoms with van der Waals surface area (Å²) in [5, 5.41) is 3.81. The van der Waals surface area contributed by atoms with E-state index in [0.29, 0.717) is 23.2 Å². The quantitative estimate of drug-likeness (QED) is 0.895. The fourth-order valence-corrected chi connectivity index (χ4v) is 2.26. The van der Waals surface area contributed by atoms with Crippen LogP contribution in [-0.2, 0) is 11.3 Å². The van der Waals surface area contributed by atoms with Gasteiger partial charge in [-0.1, -0.05) is 24.1 Å². The van der Waals surface area contributed by atoms with Crippen molar-refractivity contribution in [1.82, 2.24) is 5.32 Å². The molecule has 0 bridgehead atoms. The van der Waals surface area contributed by atoms with Crippen LogP contribution < -0.4 is 5.32 Å². The van der Waals surface area contributed by atoms with Crippen LogP contribution in [0.2, 0.25) is 5.02 Å². The standard InChI is InChI=1S/C13H17ClFNO/c14-12-5-3-6-13(15)11(12)9-17-8-10-4-1-2-7-16-10/h3,5-6,10,16H,1-2,4,7-9H2. The maximum Gasteiger partial charge on any atom is 0.130 e. The molecule has 1 aromatic rings. The molecule has 1 fully saturated rings. The molecule has 1 aliphatic rings. The molecule has 1 N–H and O–H groups in total. The Labute approximate surface area is 106 Å². The van der Waals surface area contributed by atoms with E-state index in [1.54, 1.807) is 12.1 Å². The van der Waals surface area contributed by atoms with Gasteiger partial charge >= 0.3 is 0 Å². The lowest BCUT2D eigenvalue weighted by Gasteiger charge is -2.23. The number of nitrogens with one attached hydrogen (secondary N) is 1. The van der Waals surface area contributed by atoms with Crippen LogP contribution in [0.1, 0.15) is 24.8 Å². The zero-order chi connectivity index (χ0) is 12.1. The molecule has 0 aliphatic carbocycles. The van der Waals surface area contributed by atoms with E-state index in [-0.39, 0.29) is 12.4 Å². The Kier molecular flexibility index (Phi) is 4.77. The minimum atomic E-state index is -0.297. The second kappa shape index (κ2) is 6.34. The number of rotatable bonds is 4. The van der Waals surface area contributed by atoms with E-state index >= 15 is 0 Å². The van der Waals surface area contributed by atoms with Crippen molar-refractivity contribution in [1.29, 1.82) is 0 Å². The van der Waals surface area contributed by atoms with Crippen LogP contribution in [0, 0.1) is 5.82 Å². The molecule has 4 heteroatoms. The van der Waals surface area contributed by atoms with Gasteiger partial charge in [0.2, 0.25) is 0 Å². The largest absolute Gasteiger partial charge is 0.375 e. The van der Waals surface area contributed by atoms with Crippen LogP contribution in [0.5, 0.6) is 0 Å². The molecule has 1 heterocycles. The summed E-state index contributed by atoms with van der Waals surface area (Å²) >= 11 is 5.92. The maximum absolute atomic E-state index is 13.4. The summed E-state index contributed by atoms with van der Waals surface area (Å²) in [6.07, 6.45) is 3.60. The highest BCUT2D eigenvalue weighted by Crippen LogP contribution is 2.20. The third-order valence-electron chi connectivity index (χ3n) is 3.04. The number of hydrogen-bond donors (Lipinski definition) is 1. The highest BCUT2D eigenvalue weighted by molar-refractivity contribution is 6.31. The summed E-state index contributed by atoms with van der Waals surface area (Å²) in [5.74, 6) is -0.297. The van der Waals surface area contributed by atoms with Gasteiger partial charge in [0.05, 0.1) is 13.2 Å². The molecule has 0 amide bonds. The maximum atomic E-state index is 13.4. The molecule has 0 saturated carbocycles. The molecular formula is C13H17ClFNO. The molecule has 0 radical (unpaired) electrons. The van der Waals surface area contributed by atoms with Crippen LogP contribution in [-0.4, -0.2) is 19.2 Å².